The Hall–Kier alpha value is -3.00. The summed E-state index contributed by atoms with van der Waals surface area (Å²) < 4.78 is 0. The maximum atomic E-state index is 12.3. The highest BCUT2D eigenvalue weighted by Crippen LogP contribution is 2.24. The lowest BCUT2D eigenvalue weighted by Crippen LogP contribution is -2.32. The molecule has 0 radical (unpaired) electrons. The van der Waals surface area contributed by atoms with Crippen LogP contribution in [0.5, 0.6) is 5.75 Å². The van der Waals surface area contributed by atoms with E-state index in [9.17, 15) is 9.90 Å². The van der Waals surface area contributed by atoms with Crippen molar-refractivity contribution in [2.24, 2.45) is 0 Å². The number of hydrogen-bond donors (Lipinski definition) is 2. The average Bonchev–Trinajstić information content (AvgIpc) is 2.50. The summed E-state index contributed by atoms with van der Waals surface area (Å²) in [5, 5.41) is 21.7. The van der Waals surface area contributed by atoms with Crippen LogP contribution in [0.2, 0.25) is 0 Å². The van der Waals surface area contributed by atoms with Crippen LogP contribution in [0, 0.1) is 18.3 Å². The normalized spacial score (nSPS) is 10.5. The van der Waals surface area contributed by atoms with Crippen molar-refractivity contribution in [2.45, 2.75) is 6.92 Å². The van der Waals surface area contributed by atoms with E-state index >= 15 is 0 Å². The molecule has 1 rings (SSSR count). The van der Waals surface area contributed by atoms with Gasteiger partial charge in [-0.05, 0) is 24.6 Å². The summed E-state index contributed by atoms with van der Waals surface area (Å²) in [4.78, 5) is 13.7. The molecule has 0 saturated carbocycles. The third-order valence-corrected chi connectivity index (χ3v) is 2.86. The largest absolute Gasteiger partial charge is 0.506 e. The minimum absolute atomic E-state index is 0.0422. The first-order valence-electron chi connectivity index (χ1n) is 6.71. The van der Waals surface area contributed by atoms with E-state index in [1.165, 1.54) is 11.1 Å². The van der Waals surface area contributed by atoms with Crippen LogP contribution in [0.1, 0.15) is 5.56 Å². The Morgan fingerprint density at radius 2 is 2.05 bits per heavy atom. The Bertz CT molecular complexity index is 632. The second-order valence-electron chi connectivity index (χ2n) is 4.62. The molecule has 0 aliphatic rings. The Morgan fingerprint density at radius 1 is 1.41 bits per heavy atom. The van der Waals surface area contributed by atoms with Crippen LogP contribution in [0.25, 0.3) is 0 Å². The summed E-state index contributed by atoms with van der Waals surface area (Å²) in [6.45, 7) is 9.69. The Kier molecular flexibility index (Phi) is 6.45. The Labute approximate surface area is 130 Å². The van der Waals surface area contributed by atoms with Crippen molar-refractivity contribution in [2.75, 3.05) is 18.4 Å². The number of aryl methyl sites for hydroxylation is 1. The summed E-state index contributed by atoms with van der Waals surface area (Å²) in [6.07, 6.45) is 4.45. The van der Waals surface area contributed by atoms with Gasteiger partial charge in [-0.1, -0.05) is 18.2 Å². The number of carbonyl (C=O) groups is 1. The molecule has 0 heterocycles. The number of nitrogens with zero attached hydrogens (tertiary/aromatic N) is 2. The van der Waals surface area contributed by atoms with Gasteiger partial charge in [0, 0.05) is 19.3 Å². The molecule has 5 nitrogen and oxygen atoms in total. The molecule has 0 spiro atoms. The molecule has 22 heavy (non-hydrogen) atoms. The number of phenolic OH excluding ortho intramolecular Hbond substituents is 1. The molecule has 0 aliphatic carbocycles. The second-order valence-corrected chi connectivity index (χ2v) is 4.62. The van der Waals surface area contributed by atoms with Gasteiger partial charge in [-0.2, -0.15) is 5.26 Å². The SMILES string of the molecule is C=CCN(CC=C)C(=O)/C(C#N)=C\Nc1cc(C)ccc1O. The minimum Gasteiger partial charge on any atom is -0.506 e. The van der Waals surface area contributed by atoms with E-state index < -0.39 is 5.91 Å². The molecule has 0 aromatic heterocycles. The van der Waals surface area contributed by atoms with Gasteiger partial charge in [0.05, 0.1) is 5.69 Å². The second kappa shape index (κ2) is 8.32. The number of nitriles is 1. The van der Waals surface area contributed by atoms with Crippen LogP contribution in [0.15, 0.2) is 55.3 Å². The summed E-state index contributed by atoms with van der Waals surface area (Å²) in [5.41, 5.74) is 1.31. The number of rotatable bonds is 7. The van der Waals surface area contributed by atoms with E-state index in [2.05, 4.69) is 18.5 Å². The van der Waals surface area contributed by atoms with Crippen LogP contribution in [-0.4, -0.2) is 29.0 Å². The van der Waals surface area contributed by atoms with Gasteiger partial charge in [0.2, 0.25) is 0 Å². The highest BCUT2D eigenvalue weighted by atomic mass is 16.3. The van der Waals surface area contributed by atoms with Gasteiger partial charge in [0.25, 0.3) is 5.91 Å². The smallest absolute Gasteiger partial charge is 0.266 e. The molecular formula is C17H19N3O2. The Balaban J connectivity index is 2.96. The third-order valence-electron chi connectivity index (χ3n) is 2.86. The maximum Gasteiger partial charge on any atom is 0.266 e. The first-order valence-corrected chi connectivity index (χ1v) is 6.71. The molecule has 1 aromatic rings. The monoisotopic (exact) mass is 297 g/mol. The van der Waals surface area contributed by atoms with Gasteiger partial charge in [-0.3, -0.25) is 4.79 Å². The molecule has 1 aromatic carbocycles. The predicted octanol–water partition coefficient (Wildman–Crippen LogP) is 2.72. The number of aromatic hydroxyl groups is 1. The predicted molar refractivity (Wildman–Crippen MR) is 87.1 cm³/mol. The van der Waals surface area contributed by atoms with Crippen molar-refractivity contribution in [3.8, 4) is 11.8 Å². The molecule has 0 bridgehead atoms. The molecule has 0 fully saturated rings. The molecule has 5 heteroatoms. The molecule has 0 unspecified atom stereocenters. The van der Waals surface area contributed by atoms with Crippen molar-refractivity contribution in [3.05, 3.63) is 60.8 Å². The van der Waals surface area contributed by atoms with Crippen LogP contribution >= 0.6 is 0 Å². The van der Waals surface area contributed by atoms with Crippen molar-refractivity contribution >= 4 is 11.6 Å². The topological polar surface area (TPSA) is 76.4 Å². The summed E-state index contributed by atoms with van der Waals surface area (Å²) >= 11 is 0. The van der Waals surface area contributed by atoms with E-state index in [1.54, 1.807) is 30.4 Å². The fourth-order valence-corrected chi connectivity index (χ4v) is 1.78. The van der Waals surface area contributed by atoms with Crippen molar-refractivity contribution in [1.29, 1.82) is 5.26 Å². The minimum atomic E-state index is -0.429. The number of benzene rings is 1. The fourth-order valence-electron chi connectivity index (χ4n) is 1.78. The number of carbonyl (C=O) groups excluding carboxylic acids is 1. The molecule has 2 N–H and O–H groups in total. The highest BCUT2D eigenvalue weighted by Gasteiger charge is 2.16. The van der Waals surface area contributed by atoms with E-state index in [4.69, 9.17) is 5.26 Å². The summed E-state index contributed by atoms with van der Waals surface area (Å²) in [5.74, 6) is -0.387. The van der Waals surface area contributed by atoms with Gasteiger partial charge >= 0.3 is 0 Å². The lowest BCUT2D eigenvalue weighted by Gasteiger charge is -2.18. The lowest BCUT2D eigenvalue weighted by atomic mass is 10.2. The van der Waals surface area contributed by atoms with Crippen LogP contribution in [0.3, 0.4) is 0 Å². The molecule has 0 aliphatic heterocycles. The quantitative estimate of drug-likeness (QED) is 0.351. The van der Waals surface area contributed by atoms with E-state index in [0.29, 0.717) is 18.8 Å². The number of hydrogen-bond acceptors (Lipinski definition) is 4. The molecule has 114 valence electrons. The summed E-state index contributed by atoms with van der Waals surface area (Å²) in [7, 11) is 0. The van der Waals surface area contributed by atoms with Crippen molar-refractivity contribution in [3.63, 3.8) is 0 Å². The average molecular weight is 297 g/mol. The van der Waals surface area contributed by atoms with Crippen molar-refractivity contribution < 1.29 is 9.90 Å². The van der Waals surface area contributed by atoms with Gasteiger partial charge in [-0.25, -0.2) is 0 Å². The number of phenols is 1. The first-order chi connectivity index (χ1) is 10.5. The number of amides is 1. The van der Waals surface area contributed by atoms with Gasteiger partial charge in [0.15, 0.2) is 0 Å². The van der Waals surface area contributed by atoms with Gasteiger partial charge < -0.3 is 15.3 Å². The van der Waals surface area contributed by atoms with Crippen LogP contribution in [-0.2, 0) is 4.79 Å². The number of nitrogens with one attached hydrogen (secondary N) is 1. The van der Waals surface area contributed by atoms with Gasteiger partial charge in [-0.15, -0.1) is 13.2 Å². The third kappa shape index (κ3) is 4.53. The van der Waals surface area contributed by atoms with Crippen LogP contribution in [0.4, 0.5) is 5.69 Å². The molecule has 1 amide bonds. The van der Waals surface area contributed by atoms with E-state index in [1.807, 2.05) is 13.0 Å². The zero-order chi connectivity index (χ0) is 16.5. The summed E-state index contributed by atoms with van der Waals surface area (Å²) in [6, 6.07) is 6.88. The van der Waals surface area contributed by atoms with E-state index in [-0.39, 0.29) is 11.3 Å². The van der Waals surface area contributed by atoms with E-state index in [0.717, 1.165) is 5.56 Å². The molecule has 0 atom stereocenters. The zero-order valence-corrected chi connectivity index (χ0v) is 12.5. The first kappa shape index (κ1) is 17.1. The maximum absolute atomic E-state index is 12.3. The lowest BCUT2D eigenvalue weighted by molar-refractivity contribution is -0.125. The highest BCUT2D eigenvalue weighted by molar-refractivity contribution is 5.97. The Morgan fingerprint density at radius 3 is 2.59 bits per heavy atom. The number of anilines is 1. The zero-order valence-electron chi connectivity index (χ0n) is 12.5. The molecule has 0 saturated heterocycles. The van der Waals surface area contributed by atoms with Gasteiger partial charge in [0.1, 0.15) is 17.4 Å². The van der Waals surface area contributed by atoms with Crippen molar-refractivity contribution in [1.82, 2.24) is 4.90 Å². The standard InChI is InChI=1S/C17H19N3O2/c1-4-8-20(9-5-2)17(22)14(11-18)12-19-15-10-13(3)6-7-16(15)21/h4-7,10,12,19,21H,1-2,8-9H2,3H3/b14-12-. The molecular weight excluding hydrogens is 278 g/mol. The van der Waals surface area contributed by atoms with Crippen LogP contribution < -0.4 is 5.32 Å². The fraction of sp³-hybridized carbons (Fsp3) is 0.176.